The third-order valence-electron chi connectivity index (χ3n) is 11.4. The third-order valence-corrected chi connectivity index (χ3v) is 11.4. The molecule has 0 radical (unpaired) electrons. The summed E-state index contributed by atoms with van der Waals surface area (Å²) >= 11 is 0. The molecule has 0 aliphatic carbocycles. The summed E-state index contributed by atoms with van der Waals surface area (Å²) in [5, 5.41) is 7.03. The average molecular weight is 740 g/mol. The van der Waals surface area contributed by atoms with E-state index in [-0.39, 0.29) is 0 Å². The molecule has 0 aliphatic heterocycles. The van der Waals surface area contributed by atoms with Crippen molar-refractivity contribution in [1.82, 2.24) is 0 Å². The minimum absolute atomic E-state index is 0.910. The Morgan fingerprint density at radius 2 is 0.828 bits per heavy atom. The number of para-hydroxylation sites is 2. The van der Waals surface area contributed by atoms with E-state index in [9.17, 15) is 0 Å². The summed E-state index contributed by atoms with van der Waals surface area (Å²) in [5.41, 5.74) is 14.6. The summed E-state index contributed by atoms with van der Waals surface area (Å²) in [6.45, 7) is 0. The van der Waals surface area contributed by atoms with Crippen LogP contribution in [-0.2, 0) is 0 Å². The van der Waals surface area contributed by atoms with E-state index in [1.807, 2.05) is 12.1 Å². The fraction of sp³-hybridized carbons (Fsp3) is 0. The zero-order valence-electron chi connectivity index (χ0n) is 31.7. The fourth-order valence-corrected chi connectivity index (χ4v) is 8.61. The van der Waals surface area contributed by atoms with Crippen LogP contribution in [0.25, 0.3) is 88.0 Å². The summed E-state index contributed by atoms with van der Waals surface area (Å²) in [6, 6.07) is 80.8. The highest BCUT2D eigenvalue weighted by atomic mass is 16.3. The molecule has 0 spiro atoms. The summed E-state index contributed by atoms with van der Waals surface area (Å²) in [5.74, 6) is 0. The number of fused-ring (bicyclic) bond motifs is 6. The molecule has 58 heavy (non-hydrogen) atoms. The van der Waals surface area contributed by atoms with Crippen molar-refractivity contribution < 1.29 is 4.42 Å². The van der Waals surface area contributed by atoms with E-state index in [1.54, 1.807) is 0 Å². The van der Waals surface area contributed by atoms with Crippen LogP contribution in [0, 0.1) is 0 Å². The average Bonchev–Trinajstić information content (AvgIpc) is 3.67. The second-order valence-electron chi connectivity index (χ2n) is 14.9. The van der Waals surface area contributed by atoms with E-state index in [2.05, 4.69) is 217 Å². The third kappa shape index (κ3) is 5.91. The number of benzene rings is 10. The molecular weight excluding hydrogens is 703 g/mol. The summed E-state index contributed by atoms with van der Waals surface area (Å²) in [7, 11) is 0. The first-order valence-corrected chi connectivity index (χ1v) is 19.8. The van der Waals surface area contributed by atoms with Gasteiger partial charge < -0.3 is 9.32 Å². The first-order chi connectivity index (χ1) is 28.7. The molecule has 0 aliphatic rings. The fourth-order valence-electron chi connectivity index (χ4n) is 8.61. The van der Waals surface area contributed by atoms with Gasteiger partial charge in [-0.15, -0.1) is 0 Å². The van der Waals surface area contributed by atoms with E-state index in [0.29, 0.717) is 0 Å². The Kier molecular flexibility index (Phi) is 8.19. The lowest BCUT2D eigenvalue weighted by atomic mass is 9.90. The second-order valence-corrected chi connectivity index (χ2v) is 14.9. The van der Waals surface area contributed by atoms with Crippen molar-refractivity contribution in [3.8, 4) is 44.5 Å². The Labute approximate surface area is 337 Å². The molecule has 0 saturated carbocycles. The molecular formula is C56H37NO. The monoisotopic (exact) mass is 739 g/mol. The molecule has 2 nitrogen and oxygen atoms in total. The van der Waals surface area contributed by atoms with Crippen molar-refractivity contribution in [3.05, 3.63) is 224 Å². The number of anilines is 3. The van der Waals surface area contributed by atoms with Gasteiger partial charge in [-0.3, -0.25) is 0 Å². The molecule has 272 valence electrons. The Balaban J connectivity index is 1.11. The minimum atomic E-state index is 0.910. The zero-order chi connectivity index (χ0) is 38.4. The van der Waals surface area contributed by atoms with E-state index in [1.165, 1.54) is 44.0 Å². The predicted octanol–water partition coefficient (Wildman–Crippen LogP) is 16.0. The number of nitrogens with zero attached hydrogens (tertiary/aromatic N) is 1. The molecule has 0 bridgehead atoms. The molecule has 10 aromatic carbocycles. The van der Waals surface area contributed by atoms with Crippen molar-refractivity contribution in [1.29, 1.82) is 0 Å². The molecule has 1 heterocycles. The van der Waals surface area contributed by atoms with Crippen LogP contribution >= 0.6 is 0 Å². The van der Waals surface area contributed by atoms with Crippen molar-refractivity contribution >= 4 is 60.5 Å². The van der Waals surface area contributed by atoms with Crippen LogP contribution in [0.3, 0.4) is 0 Å². The van der Waals surface area contributed by atoms with Gasteiger partial charge >= 0.3 is 0 Å². The molecule has 0 fully saturated rings. The molecule has 11 rings (SSSR count). The normalized spacial score (nSPS) is 11.4. The molecule has 11 aromatic rings. The lowest BCUT2D eigenvalue weighted by Gasteiger charge is -2.29. The van der Waals surface area contributed by atoms with Crippen molar-refractivity contribution in [2.24, 2.45) is 0 Å². The van der Waals surface area contributed by atoms with Crippen molar-refractivity contribution in [3.63, 3.8) is 0 Å². The van der Waals surface area contributed by atoms with Gasteiger partial charge in [-0.25, -0.2) is 0 Å². The minimum Gasteiger partial charge on any atom is -0.456 e. The maximum atomic E-state index is 6.29. The number of rotatable bonds is 7. The summed E-state index contributed by atoms with van der Waals surface area (Å²) < 4.78 is 6.29. The van der Waals surface area contributed by atoms with E-state index >= 15 is 0 Å². The molecule has 2 heteroatoms. The Hall–Kier alpha value is -7.68. The van der Waals surface area contributed by atoms with Gasteiger partial charge in [0.1, 0.15) is 11.2 Å². The van der Waals surface area contributed by atoms with Gasteiger partial charge in [0, 0.05) is 27.7 Å². The van der Waals surface area contributed by atoms with E-state index in [0.717, 1.165) is 61.1 Å². The molecule has 0 N–H and O–H groups in total. The SMILES string of the molecule is c1ccc(-c2ccc(-c3ccc(N(c4ccccc4)c4ccc5ccc6cc7oc8ccccc8c7cc6c5c4)c(-c4ccccc4)c3)cc2-c2ccccc2)cc1. The molecule has 0 atom stereocenters. The topological polar surface area (TPSA) is 16.4 Å². The Morgan fingerprint density at radius 3 is 1.55 bits per heavy atom. The highest BCUT2D eigenvalue weighted by Gasteiger charge is 2.20. The van der Waals surface area contributed by atoms with Gasteiger partial charge in [-0.1, -0.05) is 164 Å². The number of hydrogen-bond donors (Lipinski definition) is 0. The summed E-state index contributed by atoms with van der Waals surface area (Å²) in [4.78, 5) is 2.41. The smallest absolute Gasteiger partial charge is 0.136 e. The quantitative estimate of drug-likeness (QED) is 0.151. The Bertz CT molecular complexity index is 3260. The maximum Gasteiger partial charge on any atom is 0.136 e. The van der Waals surface area contributed by atoms with E-state index in [4.69, 9.17) is 4.42 Å². The van der Waals surface area contributed by atoms with Crippen LogP contribution in [-0.4, -0.2) is 0 Å². The first-order valence-electron chi connectivity index (χ1n) is 19.8. The second kappa shape index (κ2) is 14.1. The highest BCUT2D eigenvalue weighted by molar-refractivity contribution is 6.17. The molecule has 0 unspecified atom stereocenters. The van der Waals surface area contributed by atoms with Crippen molar-refractivity contribution in [2.75, 3.05) is 4.90 Å². The van der Waals surface area contributed by atoms with Gasteiger partial charge in [-0.05, 0) is 121 Å². The van der Waals surface area contributed by atoms with Crippen LogP contribution in [0.5, 0.6) is 0 Å². The maximum absolute atomic E-state index is 6.29. The van der Waals surface area contributed by atoms with Crippen LogP contribution in [0.4, 0.5) is 17.1 Å². The predicted molar refractivity (Wildman–Crippen MR) is 245 cm³/mol. The highest BCUT2D eigenvalue weighted by Crippen LogP contribution is 2.45. The first kappa shape index (κ1) is 33.6. The lowest BCUT2D eigenvalue weighted by Crippen LogP contribution is -2.11. The molecule has 0 saturated heterocycles. The number of hydrogen-bond acceptors (Lipinski definition) is 2. The van der Waals surface area contributed by atoms with E-state index < -0.39 is 0 Å². The van der Waals surface area contributed by atoms with Crippen LogP contribution < -0.4 is 4.90 Å². The van der Waals surface area contributed by atoms with Crippen LogP contribution in [0.1, 0.15) is 0 Å². The molecule has 1 aromatic heterocycles. The van der Waals surface area contributed by atoms with Gasteiger partial charge in [0.25, 0.3) is 0 Å². The molecule has 0 amide bonds. The zero-order valence-corrected chi connectivity index (χ0v) is 31.7. The standard InChI is InChI=1S/C56H37NO/c1-5-15-38(16-6-1)47-31-28-42(33-49(47)39-17-7-2-8-18-39)43-29-32-54(52(34-43)40-19-9-3-10-20-40)57(45-21-11-4-12-22-45)46-30-27-41-25-26-44-35-56-53(37-51(44)50(41)36-46)48-23-13-14-24-55(48)58-56/h1-37H. The van der Waals surface area contributed by atoms with Crippen molar-refractivity contribution in [2.45, 2.75) is 0 Å². The van der Waals surface area contributed by atoms with Crippen LogP contribution in [0.2, 0.25) is 0 Å². The van der Waals surface area contributed by atoms with Gasteiger partial charge in [0.15, 0.2) is 0 Å². The largest absolute Gasteiger partial charge is 0.456 e. The summed E-state index contributed by atoms with van der Waals surface area (Å²) in [6.07, 6.45) is 0. The lowest BCUT2D eigenvalue weighted by molar-refractivity contribution is 0.669. The van der Waals surface area contributed by atoms with Gasteiger partial charge in [0.2, 0.25) is 0 Å². The Morgan fingerprint density at radius 1 is 0.276 bits per heavy atom. The number of furan rings is 1. The van der Waals surface area contributed by atoms with Crippen LogP contribution in [0.15, 0.2) is 229 Å². The van der Waals surface area contributed by atoms with Gasteiger partial charge in [0.05, 0.1) is 5.69 Å². The van der Waals surface area contributed by atoms with Gasteiger partial charge in [-0.2, -0.15) is 0 Å².